The number of benzene rings is 4. The van der Waals surface area contributed by atoms with Crippen LogP contribution < -0.4 is 0 Å². The molecule has 0 aromatic heterocycles. The van der Waals surface area contributed by atoms with Crippen LogP contribution in [0.25, 0.3) is 0 Å². The average Bonchev–Trinajstić information content (AvgIpc) is 3.02. The second-order valence-corrected chi connectivity index (χ2v) is 11.2. The first-order valence-corrected chi connectivity index (χ1v) is 15.2. The topological polar surface area (TPSA) is 63.2 Å². The molecule has 0 unspecified atom stereocenters. The minimum atomic E-state index is -1.29. The Kier molecular flexibility index (Phi) is 10.6. The van der Waals surface area contributed by atoms with Crippen molar-refractivity contribution < 1.29 is 28.5 Å². The molecule has 5 rings (SSSR count). The maximum absolute atomic E-state index is 12.7. The van der Waals surface area contributed by atoms with Gasteiger partial charge in [-0.1, -0.05) is 0 Å². The van der Waals surface area contributed by atoms with Gasteiger partial charge in [-0.3, -0.25) is 0 Å². The summed E-state index contributed by atoms with van der Waals surface area (Å²) < 4.78 is 32.5. The molecule has 0 N–H and O–H groups in total. The summed E-state index contributed by atoms with van der Waals surface area (Å²) in [7, 11) is 0. The molecule has 42 heavy (non-hydrogen) atoms. The Bertz CT molecular complexity index is 1370. The Labute approximate surface area is 255 Å². The molecule has 1 fully saturated rings. The van der Waals surface area contributed by atoms with Crippen LogP contribution in [-0.2, 0) is 53.9 Å². The third-order valence-electron chi connectivity index (χ3n) is 7.25. The van der Waals surface area contributed by atoms with Crippen LogP contribution in [0.4, 0.5) is 0 Å². The van der Waals surface area contributed by atoms with Crippen molar-refractivity contribution in [3.63, 3.8) is 0 Å². The summed E-state index contributed by atoms with van der Waals surface area (Å²) >= 11 is 2.53. The molecule has 0 saturated carbocycles. The molecule has 0 amide bonds. The van der Waals surface area contributed by atoms with Gasteiger partial charge < -0.3 is 0 Å². The first-order chi connectivity index (χ1) is 20.6. The molecule has 7 heteroatoms. The fraction of sp³-hybridized carbons (Fsp3) is 0.286. The van der Waals surface area contributed by atoms with Gasteiger partial charge in [0.15, 0.2) is 0 Å². The summed E-state index contributed by atoms with van der Waals surface area (Å²) in [4.78, 5) is 12.7. The van der Waals surface area contributed by atoms with Crippen LogP contribution in [0, 0.1) is 0 Å². The third-order valence-corrected chi connectivity index (χ3v) is 8.31. The van der Waals surface area contributed by atoms with E-state index in [9.17, 15) is 4.79 Å². The van der Waals surface area contributed by atoms with E-state index < -0.39 is 34.9 Å². The van der Waals surface area contributed by atoms with E-state index in [-0.39, 0.29) is 6.61 Å². The number of hydrogen-bond donors (Lipinski definition) is 0. The van der Waals surface area contributed by atoms with E-state index >= 15 is 0 Å². The van der Waals surface area contributed by atoms with E-state index in [1.807, 2.05) is 121 Å². The monoisotopic (exact) mass is 632 g/mol. The van der Waals surface area contributed by atoms with Crippen molar-refractivity contribution in [2.24, 2.45) is 0 Å². The SMILES string of the molecule is CC(=O)O[C@]1(c2ccccc2)[C@@H]([SeH])O[C@H](COCc2ccccc2)[C@@H](OCc2ccccc2)[C@@H]1OCc1ccccc1. The van der Waals surface area contributed by atoms with Gasteiger partial charge in [0, 0.05) is 0 Å². The van der Waals surface area contributed by atoms with E-state index in [2.05, 4.69) is 16.0 Å². The fourth-order valence-electron chi connectivity index (χ4n) is 5.28. The molecule has 6 nitrogen and oxygen atoms in total. The molecule has 4 aromatic carbocycles. The number of rotatable bonds is 12. The van der Waals surface area contributed by atoms with Crippen molar-refractivity contribution in [2.45, 2.75) is 55.7 Å². The van der Waals surface area contributed by atoms with Gasteiger partial charge in [0.1, 0.15) is 0 Å². The molecule has 5 atom stereocenters. The molecule has 1 saturated heterocycles. The van der Waals surface area contributed by atoms with E-state index in [0.717, 1.165) is 22.3 Å². The van der Waals surface area contributed by atoms with Crippen LogP contribution in [0.5, 0.6) is 0 Å². The van der Waals surface area contributed by atoms with Crippen molar-refractivity contribution in [1.82, 2.24) is 0 Å². The Balaban J connectivity index is 1.52. The van der Waals surface area contributed by atoms with E-state index in [1.54, 1.807) is 0 Å². The third kappa shape index (κ3) is 7.37. The van der Waals surface area contributed by atoms with E-state index in [4.69, 9.17) is 23.7 Å². The van der Waals surface area contributed by atoms with E-state index in [0.29, 0.717) is 19.8 Å². The zero-order chi connectivity index (χ0) is 29.2. The van der Waals surface area contributed by atoms with Gasteiger partial charge in [0.05, 0.1) is 0 Å². The van der Waals surface area contributed by atoms with Gasteiger partial charge >= 0.3 is 256 Å². The van der Waals surface area contributed by atoms with Crippen LogP contribution >= 0.6 is 0 Å². The van der Waals surface area contributed by atoms with Gasteiger partial charge in [-0.2, -0.15) is 0 Å². The Morgan fingerprint density at radius 2 is 1.19 bits per heavy atom. The molecule has 0 radical (unpaired) electrons. The second kappa shape index (κ2) is 14.7. The fourth-order valence-corrected chi connectivity index (χ4v) is 6.34. The number of hydrogen-bond acceptors (Lipinski definition) is 6. The van der Waals surface area contributed by atoms with Crippen LogP contribution in [0.2, 0.25) is 0 Å². The molecule has 1 aliphatic rings. The summed E-state index contributed by atoms with van der Waals surface area (Å²) in [5.74, 6) is -0.438. The first kappa shape index (κ1) is 30.2. The normalized spacial score (nSPS) is 23.8. The second-order valence-electron chi connectivity index (χ2n) is 10.3. The Morgan fingerprint density at radius 1 is 0.714 bits per heavy atom. The van der Waals surface area contributed by atoms with Crippen molar-refractivity contribution in [1.29, 1.82) is 0 Å². The van der Waals surface area contributed by atoms with Gasteiger partial charge in [-0.15, -0.1) is 0 Å². The van der Waals surface area contributed by atoms with E-state index in [1.165, 1.54) is 6.92 Å². The summed E-state index contributed by atoms with van der Waals surface area (Å²) in [5, 5.41) is -0.626. The minimum absolute atomic E-state index is 0.263. The molecule has 0 spiro atoms. The average molecular weight is 632 g/mol. The van der Waals surface area contributed by atoms with Crippen LogP contribution in [0.1, 0.15) is 29.2 Å². The molecule has 1 heterocycles. The van der Waals surface area contributed by atoms with Crippen molar-refractivity contribution in [2.75, 3.05) is 6.61 Å². The van der Waals surface area contributed by atoms with Crippen LogP contribution in [-0.4, -0.2) is 51.9 Å². The molecule has 4 aromatic rings. The quantitative estimate of drug-likeness (QED) is 0.153. The first-order valence-electron chi connectivity index (χ1n) is 14.1. The van der Waals surface area contributed by atoms with Crippen LogP contribution in [0.15, 0.2) is 121 Å². The molecule has 0 aliphatic carbocycles. The van der Waals surface area contributed by atoms with Gasteiger partial charge in [0.25, 0.3) is 0 Å². The standard InChI is InChI=1S/C35H36O6Se/c1-26(36)41-35(30-20-12-5-13-21-30)33(39-24-29-18-10-4-11-19-29)32(38-23-28-16-8-3-9-17-28)31(40-34(35)42)25-37-22-27-14-6-2-7-15-27/h2-21,31-34,42H,22-25H2,1H3/t31-,32-,33+,34-,35+/m1/s1. The predicted molar refractivity (Wildman–Crippen MR) is 162 cm³/mol. The Morgan fingerprint density at radius 3 is 1.71 bits per heavy atom. The summed E-state index contributed by atoms with van der Waals surface area (Å²) in [6.45, 7) is 2.72. The molecule has 218 valence electrons. The Hall–Kier alpha value is -3.29. The zero-order valence-electron chi connectivity index (χ0n) is 23.6. The molecule has 0 bridgehead atoms. The number of esters is 1. The summed E-state index contributed by atoms with van der Waals surface area (Å²) in [6.07, 6.45) is -1.86. The predicted octanol–water partition coefficient (Wildman–Crippen LogP) is 5.46. The maximum atomic E-state index is 12.7. The number of carbonyl (C=O) groups excluding carboxylic acids is 1. The van der Waals surface area contributed by atoms with Crippen molar-refractivity contribution in [3.05, 3.63) is 144 Å². The molecule has 1 aliphatic heterocycles. The molecular weight excluding hydrogens is 595 g/mol. The number of ether oxygens (including phenoxy) is 5. The van der Waals surface area contributed by atoms with Gasteiger partial charge in [-0.05, 0) is 0 Å². The summed E-state index contributed by atoms with van der Waals surface area (Å²) in [6, 6.07) is 39.5. The van der Waals surface area contributed by atoms with Crippen molar-refractivity contribution in [3.8, 4) is 0 Å². The zero-order valence-corrected chi connectivity index (χ0v) is 25.5. The van der Waals surface area contributed by atoms with Crippen LogP contribution in [0.3, 0.4) is 0 Å². The van der Waals surface area contributed by atoms with Gasteiger partial charge in [0.2, 0.25) is 0 Å². The molecular formula is C35H36O6Se. The number of carbonyl (C=O) groups is 1. The van der Waals surface area contributed by atoms with Gasteiger partial charge in [-0.25, -0.2) is 0 Å². The summed E-state index contributed by atoms with van der Waals surface area (Å²) in [5.41, 5.74) is 2.54. The van der Waals surface area contributed by atoms with Crippen molar-refractivity contribution >= 4 is 22.0 Å².